The quantitative estimate of drug-likeness (QED) is 0.265. The number of amides is 1. The summed E-state index contributed by atoms with van der Waals surface area (Å²) in [6.45, 7) is 2.77. The smallest absolute Gasteiger partial charge is 0.308 e. The number of carbonyl (C=O) groups is 2. The van der Waals surface area contributed by atoms with Gasteiger partial charge in [-0.2, -0.15) is 10.1 Å². The first-order chi connectivity index (χ1) is 14.0. The number of rotatable bonds is 6. The van der Waals surface area contributed by atoms with Gasteiger partial charge < -0.3 is 9.47 Å². The fourth-order valence-corrected chi connectivity index (χ4v) is 3.32. The van der Waals surface area contributed by atoms with Gasteiger partial charge in [0.2, 0.25) is 11.0 Å². The van der Waals surface area contributed by atoms with Gasteiger partial charge in [-0.25, -0.2) is 4.98 Å². The summed E-state index contributed by atoms with van der Waals surface area (Å²) in [7, 11) is 1.59. The Labute approximate surface area is 172 Å². The van der Waals surface area contributed by atoms with E-state index in [0.29, 0.717) is 22.3 Å². The van der Waals surface area contributed by atoms with Gasteiger partial charge >= 0.3 is 5.97 Å². The Morgan fingerprint density at radius 3 is 2.59 bits per heavy atom. The molecule has 1 aromatic heterocycles. The molecule has 29 heavy (non-hydrogen) atoms. The van der Waals surface area contributed by atoms with Crippen LogP contribution in [0, 0.1) is 0 Å². The molecule has 0 bridgehead atoms. The molecule has 0 N–H and O–H groups in total. The predicted octanol–water partition coefficient (Wildman–Crippen LogP) is 4.13. The molecule has 7 nitrogen and oxygen atoms in total. The molecule has 3 aromatic rings. The van der Waals surface area contributed by atoms with E-state index in [0.717, 1.165) is 11.1 Å². The van der Waals surface area contributed by atoms with Crippen molar-refractivity contribution in [3.05, 3.63) is 59.5 Å². The minimum absolute atomic E-state index is 0.265. The van der Waals surface area contributed by atoms with Gasteiger partial charge in [0.25, 0.3) is 0 Å². The van der Waals surface area contributed by atoms with Gasteiger partial charge in [0.15, 0.2) is 0 Å². The molecule has 0 aliphatic carbocycles. The number of hydrogen-bond donors (Lipinski definition) is 0. The van der Waals surface area contributed by atoms with Gasteiger partial charge in [-0.05, 0) is 29.8 Å². The number of benzene rings is 2. The number of hydrogen-bond acceptors (Lipinski definition) is 7. The van der Waals surface area contributed by atoms with Crippen LogP contribution in [0.5, 0.6) is 11.5 Å². The van der Waals surface area contributed by atoms with E-state index in [1.54, 1.807) is 31.5 Å². The number of thiazole rings is 1. The summed E-state index contributed by atoms with van der Waals surface area (Å²) in [5.74, 6) is 0.478. The summed E-state index contributed by atoms with van der Waals surface area (Å²) < 4.78 is 10.3. The van der Waals surface area contributed by atoms with Crippen molar-refractivity contribution in [2.24, 2.45) is 5.10 Å². The van der Waals surface area contributed by atoms with Gasteiger partial charge in [0, 0.05) is 24.8 Å². The van der Waals surface area contributed by atoms with E-state index in [2.05, 4.69) is 10.1 Å². The third-order valence-corrected chi connectivity index (χ3v) is 4.60. The molecular weight excluding hydrogens is 390 g/mol. The first kappa shape index (κ1) is 20.2. The molecule has 8 heteroatoms. The zero-order valence-corrected chi connectivity index (χ0v) is 17.0. The van der Waals surface area contributed by atoms with E-state index in [1.165, 1.54) is 30.2 Å². The zero-order chi connectivity index (χ0) is 20.8. The van der Waals surface area contributed by atoms with Crippen LogP contribution in [0.15, 0.2) is 59.0 Å². The molecule has 2 aromatic carbocycles. The van der Waals surface area contributed by atoms with Gasteiger partial charge in [-0.1, -0.05) is 24.3 Å². The van der Waals surface area contributed by atoms with Crippen LogP contribution < -0.4 is 14.5 Å². The molecule has 0 saturated heterocycles. The maximum atomic E-state index is 12.1. The Morgan fingerprint density at radius 1 is 1.10 bits per heavy atom. The number of methoxy groups -OCH3 is 1. The van der Waals surface area contributed by atoms with Crippen molar-refractivity contribution in [2.45, 2.75) is 13.8 Å². The second kappa shape index (κ2) is 9.11. The lowest BCUT2D eigenvalue weighted by atomic mass is 10.2. The summed E-state index contributed by atoms with van der Waals surface area (Å²) in [6, 6.07) is 14.4. The summed E-state index contributed by atoms with van der Waals surface area (Å²) in [5, 5.41) is 7.78. The van der Waals surface area contributed by atoms with E-state index in [4.69, 9.17) is 9.47 Å². The summed E-state index contributed by atoms with van der Waals surface area (Å²) in [5.41, 5.74) is 2.22. The maximum absolute atomic E-state index is 12.1. The monoisotopic (exact) mass is 409 g/mol. The normalized spacial score (nSPS) is 10.7. The minimum Gasteiger partial charge on any atom is -0.497 e. The molecule has 0 atom stereocenters. The Hall–Kier alpha value is -3.52. The number of aromatic nitrogens is 1. The number of hydrazone groups is 1. The van der Waals surface area contributed by atoms with E-state index in [9.17, 15) is 9.59 Å². The van der Waals surface area contributed by atoms with Crippen LogP contribution in [0.25, 0.3) is 11.3 Å². The Kier molecular flexibility index (Phi) is 6.36. The largest absolute Gasteiger partial charge is 0.497 e. The highest BCUT2D eigenvalue weighted by Crippen LogP contribution is 2.29. The third-order valence-electron chi connectivity index (χ3n) is 3.78. The van der Waals surface area contributed by atoms with Crippen molar-refractivity contribution >= 4 is 34.6 Å². The molecule has 1 amide bonds. The zero-order valence-electron chi connectivity index (χ0n) is 16.2. The lowest BCUT2D eigenvalue weighted by Crippen LogP contribution is -2.22. The fraction of sp³-hybridized carbons (Fsp3) is 0.143. The molecule has 148 valence electrons. The lowest BCUT2D eigenvalue weighted by Gasteiger charge is -2.10. The number of carbonyl (C=O) groups excluding carboxylic acids is 2. The van der Waals surface area contributed by atoms with Crippen LogP contribution in [0.3, 0.4) is 0 Å². The van der Waals surface area contributed by atoms with Gasteiger partial charge in [-0.15, -0.1) is 11.3 Å². The van der Waals surface area contributed by atoms with E-state index < -0.39 is 5.97 Å². The van der Waals surface area contributed by atoms with Gasteiger partial charge in [0.1, 0.15) is 11.5 Å². The number of nitrogens with zero attached hydrogens (tertiary/aromatic N) is 3. The fourth-order valence-electron chi connectivity index (χ4n) is 2.49. The predicted molar refractivity (Wildman–Crippen MR) is 113 cm³/mol. The molecule has 0 spiro atoms. The topological polar surface area (TPSA) is 81.1 Å². The molecule has 0 radical (unpaired) electrons. The standard InChI is InChI=1S/C21H19N3O4S/c1-14(25)24(22-12-16-6-4-8-18(10-16)27-3)21-23-20(13-29-21)17-7-5-9-19(11-17)28-15(2)26/h4-13H,1-3H3/b22-12+. The molecule has 1 heterocycles. The van der Waals surface area contributed by atoms with Crippen LogP contribution in [0.4, 0.5) is 5.13 Å². The molecular formula is C21H19N3O4S. The maximum Gasteiger partial charge on any atom is 0.308 e. The number of ether oxygens (including phenoxy) is 2. The second-order valence-electron chi connectivity index (χ2n) is 5.99. The Bertz CT molecular complexity index is 1060. The SMILES string of the molecule is COc1cccc(/C=N/N(C(C)=O)c2nc(-c3cccc(OC(C)=O)c3)cs2)c1. The summed E-state index contributed by atoms with van der Waals surface area (Å²) in [4.78, 5) is 27.8. The van der Waals surface area contributed by atoms with E-state index in [1.807, 2.05) is 35.7 Å². The van der Waals surface area contributed by atoms with Crippen molar-refractivity contribution in [3.8, 4) is 22.8 Å². The van der Waals surface area contributed by atoms with Gasteiger partial charge in [-0.3, -0.25) is 9.59 Å². The molecule has 0 unspecified atom stereocenters. The second-order valence-corrected chi connectivity index (χ2v) is 6.83. The van der Waals surface area contributed by atoms with Crippen molar-refractivity contribution < 1.29 is 19.1 Å². The first-order valence-electron chi connectivity index (χ1n) is 8.69. The van der Waals surface area contributed by atoms with Gasteiger partial charge in [0.05, 0.1) is 19.0 Å². The van der Waals surface area contributed by atoms with Crippen molar-refractivity contribution in [1.29, 1.82) is 0 Å². The summed E-state index contributed by atoms with van der Waals surface area (Å²) >= 11 is 1.29. The highest BCUT2D eigenvalue weighted by molar-refractivity contribution is 7.14. The number of esters is 1. The average Bonchev–Trinajstić information content (AvgIpc) is 3.17. The highest BCUT2D eigenvalue weighted by atomic mass is 32.1. The molecule has 0 saturated carbocycles. The van der Waals surface area contributed by atoms with Crippen LogP contribution in [-0.2, 0) is 9.59 Å². The van der Waals surface area contributed by atoms with Crippen molar-refractivity contribution in [3.63, 3.8) is 0 Å². The lowest BCUT2D eigenvalue weighted by molar-refractivity contribution is -0.131. The molecule has 0 aliphatic heterocycles. The molecule has 0 aliphatic rings. The first-order valence-corrected chi connectivity index (χ1v) is 9.57. The van der Waals surface area contributed by atoms with Crippen LogP contribution in [-0.4, -0.2) is 30.2 Å². The highest BCUT2D eigenvalue weighted by Gasteiger charge is 2.15. The third kappa shape index (κ3) is 5.26. The average molecular weight is 409 g/mol. The minimum atomic E-state index is -0.393. The van der Waals surface area contributed by atoms with E-state index in [-0.39, 0.29) is 5.91 Å². The molecule has 3 rings (SSSR count). The number of anilines is 1. The van der Waals surface area contributed by atoms with E-state index >= 15 is 0 Å². The van der Waals surface area contributed by atoms with Crippen molar-refractivity contribution in [2.75, 3.05) is 12.1 Å². The summed E-state index contributed by atoms with van der Waals surface area (Å²) in [6.07, 6.45) is 1.58. The van der Waals surface area contributed by atoms with Crippen molar-refractivity contribution in [1.82, 2.24) is 4.98 Å². The molecule has 0 fully saturated rings. The van der Waals surface area contributed by atoms with Crippen LogP contribution in [0.2, 0.25) is 0 Å². The van der Waals surface area contributed by atoms with Crippen LogP contribution in [0.1, 0.15) is 19.4 Å². The Morgan fingerprint density at radius 2 is 1.86 bits per heavy atom. The van der Waals surface area contributed by atoms with Crippen LogP contribution >= 0.6 is 11.3 Å². The Balaban J connectivity index is 1.85.